The third-order valence-corrected chi connectivity index (χ3v) is 3.97. The van der Waals surface area contributed by atoms with Gasteiger partial charge in [-0.25, -0.2) is 4.39 Å². The highest BCUT2D eigenvalue weighted by atomic mass is 35.5. The molecule has 6 nitrogen and oxygen atoms in total. The molecule has 0 saturated carbocycles. The van der Waals surface area contributed by atoms with Crippen LogP contribution in [-0.4, -0.2) is 33.0 Å². The maximum Gasteiger partial charge on any atom is 0.325 e. The first-order valence-corrected chi connectivity index (χ1v) is 7.38. The van der Waals surface area contributed by atoms with Gasteiger partial charge in [0.1, 0.15) is 12.4 Å². The fourth-order valence-electron chi connectivity index (χ4n) is 2.70. The largest absolute Gasteiger partial charge is 0.492 e. The Bertz CT molecular complexity index is 938. The summed E-state index contributed by atoms with van der Waals surface area (Å²) in [5.41, 5.74) is 1.85. The number of carbonyl (C=O) groups is 1. The third-order valence-electron chi connectivity index (χ3n) is 3.76. The zero-order chi connectivity index (χ0) is 17.4. The maximum atomic E-state index is 14.5. The SMILES string of the molecule is COC(=O)Cn1c(C)c(-c2ccc(O)nn2)c2cc(Cl)cc(F)c21. The van der Waals surface area contributed by atoms with Gasteiger partial charge in [0, 0.05) is 27.7 Å². The van der Waals surface area contributed by atoms with Crippen molar-refractivity contribution in [1.29, 1.82) is 0 Å². The first kappa shape index (κ1) is 16.2. The number of benzene rings is 1. The number of aromatic hydroxyl groups is 1. The van der Waals surface area contributed by atoms with E-state index in [1.165, 1.54) is 23.8 Å². The predicted octanol–water partition coefficient (Wildman–Crippen LogP) is 3.08. The predicted molar refractivity (Wildman–Crippen MR) is 86.3 cm³/mol. The summed E-state index contributed by atoms with van der Waals surface area (Å²) < 4.78 is 20.7. The number of ether oxygens (including phenoxy) is 1. The van der Waals surface area contributed by atoms with Crippen LogP contribution in [0.15, 0.2) is 24.3 Å². The monoisotopic (exact) mass is 349 g/mol. The Morgan fingerprint density at radius 3 is 2.75 bits per heavy atom. The Morgan fingerprint density at radius 2 is 2.12 bits per heavy atom. The number of hydrogen-bond acceptors (Lipinski definition) is 5. The zero-order valence-electron chi connectivity index (χ0n) is 12.9. The second kappa shape index (κ2) is 6.09. The highest BCUT2D eigenvalue weighted by Gasteiger charge is 2.22. The Labute approximate surface area is 141 Å². The molecule has 2 aromatic heterocycles. The van der Waals surface area contributed by atoms with Gasteiger partial charge < -0.3 is 14.4 Å². The first-order valence-electron chi connectivity index (χ1n) is 7.00. The fourth-order valence-corrected chi connectivity index (χ4v) is 2.91. The van der Waals surface area contributed by atoms with Crippen molar-refractivity contribution in [2.75, 3.05) is 7.11 Å². The van der Waals surface area contributed by atoms with Crippen LogP contribution in [0.5, 0.6) is 5.88 Å². The van der Waals surface area contributed by atoms with Crippen molar-refractivity contribution in [3.8, 4) is 17.1 Å². The third kappa shape index (κ3) is 2.67. The van der Waals surface area contributed by atoms with Gasteiger partial charge >= 0.3 is 5.97 Å². The van der Waals surface area contributed by atoms with Crippen molar-refractivity contribution >= 4 is 28.5 Å². The number of carbonyl (C=O) groups excluding carboxylic acids is 1. The molecule has 24 heavy (non-hydrogen) atoms. The normalized spacial score (nSPS) is 11.0. The second-order valence-corrected chi connectivity index (χ2v) is 5.62. The zero-order valence-corrected chi connectivity index (χ0v) is 13.6. The van der Waals surface area contributed by atoms with E-state index in [9.17, 15) is 14.3 Å². The van der Waals surface area contributed by atoms with Crippen LogP contribution < -0.4 is 0 Å². The molecule has 0 aliphatic carbocycles. The number of nitrogens with zero attached hydrogens (tertiary/aromatic N) is 3. The van der Waals surface area contributed by atoms with Gasteiger partial charge in [-0.15, -0.1) is 10.2 Å². The van der Waals surface area contributed by atoms with E-state index < -0.39 is 11.8 Å². The molecule has 0 amide bonds. The minimum Gasteiger partial charge on any atom is -0.492 e. The Hall–Kier alpha value is -2.67. The van der Waals surface area contributed by atoms with E-state index in [-0.39, 0.29) is 23.0 Å². The molecule has 0 aliphatic heterocycles. The molecule has 3 rings (SSSR count). The molecular formula is C16H13ClFN3O3. The highest BCUT2D eigenvalue weighted by molar-refractivity contribution is 6.31. The molecule has 0 aliphatic rings. The number of esters is 1. The summed E-state index contributed by atoms with van der Waals surface area (Å²) in [6, 6.07) is 5.73. The molecule has 0 spiro atoms. The van der Waals surface area contributed by atoms with Crippen LogP contribution in [0.3, 0.4) is 0 Å². The highest BCUT2D eigenvalue weighted by Crippen LogP contribution is 2.36. The number of methoxy groups -OCH3 is 1. The van der Waals surface area contributed by atoms with Crippen LogP contribution in [0.4, 0.5) is 4.39 Å². The van der Waals surface area contributed by atoms with E-state index in [0.717, 1.165) is 0 Å². The summed E-state index contributed by atoms with van der Waals surface area (Å²) in [5, 5.41) is 17.6. The maximum absolute atomic E-state index is 14.5. The smallest absolute Gasteiger partial charge is 0.325 e. The lowest BCUT2D eigenvalue weighted by atomic mass is 10.1. The topological polar surface area (TPSA) is 77.2 Å². The number of rotatable bonds is 3. The summed E-state index contributed by atoms with van der Waals surface area (Å²) in [6.07, 6.45) is 0. The Balaban J connectivity index is 2.34. The molecule has 2 heterocycles. The van der Waals surface area contributed by atoms with E-state index in [2.05, 4.69) is 14.9 Å². The molecule has 1 N–H and O–H groups in total. The molecule has 0 fully saturated rings. The average molecular weight is 350 g/mol. The number of hydrogen-bond donors (Lipinski definition) is 1. The van der Waals surface area contributed by atoms with Gasteiger partial charge in [0.25, 0.3) is 0 Å². The second-order valence-electron chi connectivity index (χ2n) is 5.18. The van der Waals surface area contributed by atoms with E-state index in [1.807, 2.05) is 0 Å². The van der Waals surface area contributed by atoms with E-state index in [4.69, 9.17) is 11.6 Å². The summed E-state index contributed by atoms with van der Waals surface area (Å²) in [6.45, 7) is 1.59. The van der Waals surface area contributed by atoms with Crippen molar-refractivity contribution in [3.05, 3.63) is 40.8 Å². The molecule has 0 radical (unpaired) electrons. The van der Waals surface area contributed by atoms with Gasteiger partial charge in [0.15, 0.2) is 0 Å². The molecule has 1 aromatic carbocycles. The quantitative estimate of drug-likeness (QED) is 0.735. The van der Waals surface area contributed by atoms with E-state index in [1.54, 1.807) is 19.1 Å². The number of fused-ring (bicyclic) bond motifs is 1. The van der Waals surface area contributed by atoms with Crippen LogP contribution in [0, 0.1) is 12.7 Å². The van der Waals surface area contributed by atoms with Crippen molar-refractivity contribution < 1.29 is 19.0 Å². The summed E-state index contributed by atoms with van der Waals surface area (Å²) >= 11 is 5.99. The lowest BCUT2D eigenvalue weighted by molar-refractivity contribution is -0.141. The molecule has 124 valence electrons. The van der Waals surface area contributed by atoms with Crippen LogP contribution in [0.2, 0.25) is 5.02 Å². The van der Waals surface area contributed by atoms with Gasteiger partial charge in [-0.3, -0.25) is 4.79 Å². The summed E-state index contributed by atoms with van der Waals surface area (Å²) in [5.74, 6) is -1.28. The molecular weight excluding hydrogens is 337 g/mol. The van der Waals surface area contributed by atoms with Gasteiger partial charge in [-0.2, -0.15) is 0 Å². The molecule has 0 atom stereocenters. The van der Waals surface area contributed by atoms with E-state index >= 15 is 0 Å². The van der Waals surface area contributed by atoms with Crippen LogP contribution in [0.1, 0.15) is 5.69 Å². The first-order chi connectivity index (χ1) is 11.4. The number of halogens is 2. The molecule has 8 heteroatoms. The minimum absolute atomic E-state index is 0.150. The van der Waals surface area contributed by atoms with E-state index in [0.29, 0.717) is 22.3 Å². The van der Waals surface area contributed by atoms with Crippen molar-refractivity contribution in [2.24, 2.45) is 0 Å². The summed E-state index contributed by atoms with van der Waals surface area (Å²) in [4.78, 5) is 11.7. The molecule has 0 bridgehead atoms. The van der Waals surface area contributed by atoms with Gasteiger partial charge in [-0.1, -0.05) is 11.6 Å². The number of aromatic nitrogens is 3. The average Bonchev–Trinajstić information content (AvgIpc) is 2.80. The van der Waals surface area contributed by atoms with Gasteiger partial charge in [0.05, 0.1) is 18.3 Å². The fraction of sp³-hybridized carbons (Fsp3) is 0.188. The minimum atomic E-state index is -0.553. The Kier molecular flexibility index (Phi) is 4.11. The van der Waals surface area contributed by atoms with Crippen LogP contribution in [-0.2, 0) is 16.1 Å². The van der Waals surface area contributed by atoms with Crippen molar-refractivity contribution in [2.45, 2.75) is 13.5 Å². The lowest BCUT2D eigenvalue weighted by Crippen LogP contribution is -2.13. The summed E-state index contributed by atoms with van der Waals surface area (Å²) in [7, 11) is 1.27. The van der Waals surface area contributed by atoms with Crippen LogP contribution >= 0.6 is 11.6 Å². The van der Waals surface area contributed by atoms with Crippen molar-refractivity contribution in [1.82, 2.24) is 14.8 Å². The van der Waals surface area contributed by atoms with Crippen molar-refractivity contribution in [3.63, 3.8) is 0 Å². The van der Waals surface area contributed by atoms with Gasteiger partial charge in [0.2, 0.25) is 5.88 Å². The molecule has 0 saturated heterocycles. The molecule has 3 aromatic rings. The lowest BCUT2D eigenvalue weighted by Gasteiger charge is -2.07. The standard InChI is InChI=1S/C16H13ClFN3O3/c1-8-15(12-3-4-13(22)20-19-12)10-5-9(17)6-11(18)16(10)21(8)7-14(23)24-2/h3-6H,7H2,1-2H3,(H,20,22). The Morgan fingerprint density at radius 1 is 1.38 bits per heavy atom. The van der Waals surface area contributed by atoms with Gasteiger partial charge in [-0.05, 0) is 25.1 Å². The molecule has 0 unspecified atom stereocenters. The van der Waals surface area contributed by atoms with Crippen LogP contribution in [0.25, 0.3) is 22.2 Å².